The van der Waals surface area contributed by atoms with Gasteiger partial charge in [0.15, 0.2) is 0 Å². The summed E-state index contributed by atoms with van der Waals surface area (Å²) >= 11 is 0. The van der Waals surface area contributed by atoms with Crippen LogP contribution in [0.25, 0.3) is 0 Å². The predicted octanol–water partition coefficient (Wildman–Crippen LogP) is 1.42. The fraction of sp³-hybridized carbons (Fsp3) is 0.650. The lowest BCUT2D eigenvalue weighted by Crippen LogP contribution is -2.75. The summed E-state index contributed by atoms with van der Waals surface area (Å²) in [5, 5.41) is 21.7. The van der Waals surface area contributed by atoms with E-state index in [1.165, 1.54) is 0 Å². The van der Waals surface area contributed by atoms with Crippen LogP contribution in [-0.2, 0) is 23.2 Å². The van der Waals surface area contributed by atoms with Crippen LogP contribution in [0, 0.1) is 5.92 Å². The highest BCUT2D eigenvalue weighted by atomic mass is 16.5. The maximum atomic E-state index is 12.7. The van der Waals surface area contributed by atoms with E-state index >= 15 is 0 Å². The van der Waals surface area contributed by atoms with Gasteiger partial charge in [-0.3, -0.25) is 4.79 Å². The molecule has 3 aliphatic rings. The number of ketones is 1. The molecule has 5 nitrogen and oxygen atoms in total. The summed E-state index contributed by atoms with van der Waals surface area (Å²) in [6, 6.07) is 3.96. The van der Waals surface area contributed by atoms with Crippen LogP contribution >= 0.6 is 0 Å². The van der Waals surface area contributed by atoms with Crippen molar-refractivity contribution in [3.8, 4) is 5.75 Å². The van der Waals surface area contributed by atoms with E-state index in [4.69, 9.17) is 4.74 Å². The molecule has 1 saturated carbocycles. The van der Waals surface area contributed by atoms with E-state index in [9.17, 15) is 15.0 Å². The quantitative estimate of drug-likeness (QED) is 0.848. The second-order valence-corrected chi connectivity index (χ2v) is 7.98. The van der Waals surface area contributed by atoms with Crippen LogP contribution in [0.1, 0.15) is 42.9 Å². The summed E-state index contributed by atoms with van der Waals surface area (Å²) in [6.07, 6.45) is 2.40. The van der Waals surface area contributed by atoms with Crippen LogP contribution in [-0.4, -0.2) is 53.2 Å². The first-order valence-corrected chi connectivity index (χ1v) is 9.16. The first kappa shape index (κ1) is 17.0. The number of piperidine rings is 1. The highest BCUT2D eigenvalue weighted by Crippen LogP contribution is 2.61. The molecule has 2 N–H and O–H groups in total. The van der Waals surface area contributed by atoms with Gasteiger partial charge >= 0.3 is 0 Å². The number of carbonyl (C=O) groups excluding carboxylic acids is 1. The zero-order valence-corrected chi connectivity index (χ0v) is 15.2. The van der Waals surface area contributed by atoms with Crippen molar-refractivity contribution >= 4 is 5.78 Å². The van der Waals surface area contributed by atoms with E-state index < -0.39 is 11.0 Å². The molecule has 0 spiro atoms. The molecule has 1 heterocycles. The van der Waals surface area contributed by atoms with E-state index in [0.29, 0.717) is 18.6 Å². The fourth-order valence-electron chi connectivity index (χ4n) is 5.95. The smallest absolute Gasteiger partial charge is 0.136 e. The maximum Gasteiger partial charge on any atom is 0.136 e. The number of nitrogens with zero attached hydrogens (tertiary/aromatic N) is 1. The predicted molar refractivity (Wildman–Crippen MR) is 93.7 cm³/mol. The maximum absolute atomic E-state index is 12.7. The third kappa shape index (κ3) is 1.92. The Morgan fingerprint density at radius 2 is 2.12 bits per heavy atom. The fourth-order valence-corrected chi connectivity index (χ4v) is 5.95. The average Bonchev–Trinajstić information content (AvgIpc) is 2.61. The number of Topliss-reactive ketones (excluding diaryl/α,β-unsaturated/α-hetero) is 1. The van der Waals surface area contributed by atoms with E-state index in [2.05, 4.69) is 11.9 Å². The Labute approximate surface area is 148 Å². The van der Waals surface area contributed by atoms with Crippen molar-refractivity contribution in [1.29, 1.82) is 0 Å². The number of aliphatic hydroxyl groups excluding tert-OH is 1. The van der Waals surface area contributed by atoms with Gasteiger partial charge in [0.2, 0.25) is 0 Å². The highest BCUT2D eigenvalue weighted by molar-refractivity contribution is 5.85. The number of fused-ring (bicyclic) bond motifs is 1. The molecule has 0 aromatic heterocycles. The van der Waals surface area contributed by atoms with Crippen LogP contribution < -0.4 is 4.74 Å². The van der Waals surface area contributed by atoms with Gasteiger partial charge in [-0.25, -0.2) is 0 Å². The second-order valence-electron chi connectivity index (χ2n) is 7.98. The summed E-state index contributed by atoms with van der Waals surface area (Å²) in [7, 11) is 3.68. The van der Waals surface area contributed by atoms with E-state index in [1.807, 2.05) is 19.1 Å². The van der Waals surface area contributed by atoms with Crippen molar-refractivity contribution in [2.75, 3.05) is 20.7 Å². The summed E-state index contributed by atoms with van der Waals surface area (Å²) in [5.74, 6) is 0.615. The molecule has 0 radical (unpaired) electrons. The lowest BCUT2D eigenvalue weighted by molar-refractivity contribution is -0.183. The van der Waals surface area contributed by atoms with E-state index in [-0.39, 0.29) is 24.3 Å². The van der Waals surface area contributed by atoms with Crippen LogP contribution in [0.3, 0.4) is 0 Å². The monoisotopic (exact) mass is 345 g/mol. The number of aliphatic hydroxyl groups is 2. The molecule has 1 aliphatic heterocycles. The summed E-state index contributed by atoms with van der Waals surface area (Å²) in [4.78, 5) is 15.0. The summed E-state index contributed by atoms with van der Waals surface area (Å²) in [5.41, 5.74) is 1.25. The number of carbonyl (C=O) groups is 1. The topological polar surface area (TPSA) is 70.0 Å². The minimum Gasteiger partial charge on any atom is -0.496 e. The van der Waals surface area contributed by atoms with Crippen molar-refractivity contribution in [1.82, 2.24) is 4.90 Å². The first-order valence-electron chi connectivity index (χ1n) is 9.16. The molecule has 5 heteroatoms. The molecule has 2 bridgehead atoms. The van der Waals surface area contributed by atoms with E-state index in [1.54, 1.807) is 7.11 Å². The Morgan fingerprint density at radius 3 is 2.80 bits per heavy atom. The molecule has 1 aromatic carbocycles. The first-order chi connectivity index (χ1) is 11.9. The van der Waals surface area contributed by atoms with Gasteiger partial charge in [0.25, 0.3) is 0 Å². The standard InChI is InChI=1S/C20H27NO4/c1-12-15(23)6-7-20(24)16-10-13-4-5-14(11-22)18(25-3)17(13)19(12,20)8-9-21(16)2/h4-5,12,16,22,24H,6-11H2,1-3H3/t12?,16-,19-,20-/m1/s1. The van der Waals surface area contributed by atoms with E-state index in [0.717, 1.165) is 36.1 Å². The zero-order chi connectivity index (χ0) is 18.0. The molecular weight excluding hydrogens is 318 g/mol. The third-order valence-electron chi connectivity index (χ3n) is 7.25. The van der Waals surface area contributed by atoms with Crippen molar-refractivity contribution in [2.45, 2.75) is 56.3 Å². The Bertz CT molecular complexity index is 733. The van der Waals surface area contributed by atoms with Gasteiger partial charge in [-0.1, -0.05) is 19.1 Å². The SMILES string of the molecule is COc1c(CO)ccc2c1[C@]13CCN(C)[C@H](C2)[C@]1(O)CCC(=O)C3C. The molecule has 2 aliphatic carbocycles. The average molecular weight is 345 g/mol. The van der Waals surface area contributed by atoms with Crippen LogP contribution in [0.15, 0.2) is 12.1 Å². The number of ether oxygens (including phenoxy) is 1. The van der Waals surface area contributed by atoms with Gasteiger partial charge in [-0.05, 0) is 38.4 Å². The molecule has 25 heavy (non-hydrogen) atoms. The van der Waals surface area contributed by atoms with Crippen LogP contribution in [0.5, 0.6) is 5.75 Å². The number of likely N-dealkylation sites (tertiary alicyclic amines) is 1. The molecule has 136 valence electrons. The number of benzene rings is 1. The Hall–Kier alpha value is -1.43. The third-order valence-corrected chi connectivity index (χ3v) is 7.25. The van der Waals surface area contributed by atoms with Crippen molar-refractivity contribution in [3.63, 3.8) is 0 Å². The van der Waals surface area contributed by atoms with Crippen LogP contribution in [0.4, 0.5) is 0 Å². The molecule has 4 rings (SSSR count). The summed E-state index contributed by atoms with van der Waals surface area (Å²) in [6.45, 7) is 2.70. The number of hydrogen-bond acceptors (Lipinski definition) is 5. The molecule has 0 amide bonds. The Morgan fingerprint density at radius 1 is 1.36 bits per heavy atom. The lowest BCUT2D eigenvalue weighted by atomic mass is 9.46. The van der Waals surface area contributed by atoms with Gasteiger partial charge in [-0.2, -0.15) is 0 Å². The Balaban J connectivity index is 2.06. The van der Waals surface area contributed by atoms with Crippen LogP contribution in [0.2, 0.25) is 0 Å². The molecule has 4 atom stereocenters. The number of hydrogen-bond donors (Lipinski definition) is 2. The van der Waals surface area contributed by atoms with Gasteiger partial charge in [0, 0.05) is 34.9 Å². The number of methoxy groups -OCH3 is 1. The zero-order valence-electron chi connectivity index (χ0n) is 15.2. The molecule has 1 saturated heterocycles. The van der Waals surface area contributed by atoms with Crippen molar-refractivity contribution < 1.29 is 19.7 Å². The second kappa shape index (κ2) is 5.53. The molecule has 1 aromatic rings. The minimum atomic E-state index is -0.943. The minimum absolute atomic E-state index is 0.00832. The van der Waals surface area contributed by atoms with Gasteiger partial charge in [0.05, 0.1) is 19.3 Å². The molecular formula is C20H27NO4. The highest BCUT2D eigenvalue weighted by Gasteiger charge is 2.67. The van der Waals surface area contributed by atoms with Crippen molar-refractivity contribution in [2.24, 2.45) is 5.92 Å². The molecule has 2 fully saturated rings. The normalized spacial score (nSPS) is 37.4. The lowest BCUT2D eigenvalue weighted by Gasteiger charge is -2.65. The number of likely N-dealkylation sites (N-methyl/N-ethyl adjacent to an activating group) is 1. The van der Waals surface area contributed by atoms with Gasteiger partial charge in [0.1, 0.15) is 11.5 Å². The molecule has 1 unspecified atom stereocenters. The largest absolute Gasteiger partial charge is 0.496 e. The summed E-state index contributed by atoms with van der Waals surface area (Å²) < 4.78 is 5.73. The Kier molecular flexibility index (Phi) is 3.76. The van der Waals surface area contributed by atoms with Crippen molar-refractivity contribution in [3.05, 3.63) is 28.8 Å². The van der Waals surface area contributed by atoms with Gasteiger partial charge in [-0.15, -0.1) is 0 Å². The van der Waals surface area contributed by atoms with Gasteiger partial charge < -0.3 is 19.8 Å². The number of rotatable bonds is 2.